The normalized spacial score (nSPS) is 30.8. The van der Waals surface area contributed by atoms with Crippen LogP contribution in [0.2, 0.25) is 0 Å². The Morgan fingerprint density at radius 3 is 0.985 bits per heavy atom. The summed E-state index contributed by atoms with van der Waals surface area (Å²) in [6.45, 7) is 41.3. The van der Waals surface area contributed by atoms with Gasteiger partial charge in [0.05, 0.1) is 5.92 Å². The van der Waals surface area contributed by atoms with Crippen molar-refractivity contribution in [2.24, 2.45) is 124 Å². The first kappa shape index (κ1) is 111. The highest BCUT2D eigenvalue weighted by Gasteiger charge is 2.32. The summed E-state index contributed by atoms with van der Waals surface area (Å²) in [4.78, 5) is 11.9. The quantitative estimate of drug-likeness (QED) is 0.0582. The number of allylic oxidation sites excluding steroid dienone is 5. The molecule has 0 aliphatic heterocycles. The van der Waals surface area contributed by atoms with Crippen molar-refractivity contribution in [3.8, 4) is 16.9 Å². The standard InChI is InChI=1S/C16H30.C16H24.C16H22.C15H20O2.C14H26.2C14H24.C14H20.C14H14/c3*1-13-3-7-15(8-4-13)11-12-16-9-5-14(2)6-10-16;1-11-3-7-13(8-4-11)15(16)17-14-9-5-12(2)6-10-14;5*1-11-3-7-13(8-4-11)14-9-5-12(2)6-10-14/h13-16H,3-12H2,1-2H3;3-4,7-8,14,16H,5-6,9-12H2,1-2H3;3-4,7-8,11-12,14,16H,5-6,9-10H2,1-2H3;5-6,9-11,13H,3-4,7-8H2,1-2H3;11-14H,3-10H2,1-2H3;7,11-12,14H,3-6,8-10H2,1-2H3;3,12-14H,4-10H2,1-2H3;3-4,7-8,12,14H,5-6,9-10H2,1-2H3;3-10H,1-2H3. The number of carbonyl (C=O) groups excluding carboxylic acids is 1. The molecule has 12 aliphatic rings. The van der Waals surface area contributed by atoms with Crippen molar-refractivity contribution in [1.29, 1.82) is 0 Å². The van der Waals surface area contributed by atoms with E-state index in [1.807, 2.05) is 36.8 Å². The third-order valence-corrected chi connectivity index (χ3v) is 36.1. The number of ether oxygens (including phenoxy) is 1. The second-order valence-corrected chi connectivity index (χ2v) is 48.8. The van der Waals surface area contributed by atoms with Crippen LogP contribution in [0.15, 0.2) is 175 Å². The van der Waals surface area contributed by atoms with Crippen LogP contribution < -0.4 is 4.74 Å². The molecule has 135 heavy (non-hydrogen) atoms. The second kappa shape index (κ2) is 61.0. The molecule has 0 spiro atoms. The largest absolute Gasteiger partial charge is 0.426 e. The second-order valence-electron chi connectivity index (χ2n) is 48.8. The van der Waals surface area contributed by atoms with Gasteiger partial charge in [0.2, 0.25) is 0 Å². The Morgan fingerprint density at radius 1 is 0.281 bits per heavy atom. The summed E-state index contributed by atoms with van der Waals surface area (Å²) in [6.07, 6.45) is 81.5. The van der Waals surface area contributed by atoms with E-state index in [-0.39, 0.29) is 11.9 Å². The van der Waals surface area contributed by atoms with Gasteiger partial charge in [0, 0.05) is 0 Å². The summed E-state index contributed by atoms with van der Waals surface area (Å²) in [7, 11) is 0. The van der Waals surface area contributed by atoms with E-state index in [1.54, 1.807) is 49.7 Å². The highest BCUT2D eigenvalue weighted by Crippen LogP contribution is 2.45. The zero-order chi connectivity index (χ0) is 96.2. The molecule has 2 nitrogen and oxygen atoms in total. The molecule has 12 aliphatic carbocycles. The first-order valence-electron chi connectivity index (χ1n) is 57.8. The van der Waals surface area contributed by atoms with Crippen molar-refractivity contribution < 1.29 is 9.53 Å². The zero-order valence-corrected chi connectivity index (χ0v) is 90.5. The molecule has 2 unspecified atom stereocenters. The minimum absolute atomic E-state index is 0.0549. The van der Waals surface area contributed by atoms with Crippen LogP contribution in [-0.2, 0) is 11.2 Å². The van der Waals surface area contributed by atoms with Crippen molar-refractivity contribution in [2.75, 3.05) is 0 Å². The molecule has 6 aromatic rings. The molecule has 10 fully saturated rings. The number of hydrogen-bond donors (Lipinski definition) is 0. The van der Waals surface area contributed by atoms with Crippen LogP contribution in [0.1, 0.15) is 454 Å². The Morgan fingerprint density at radius 2 is 0.607 bits per heavy atom. The summed E-state index contributed by atoms with van der Waals surface area (Å²) in [5, 5.41) is 0. The lowest BCUT2D eigenvalue weighted by Gasteiger charge is -2.36. The van der Waals surface area contributed by atoms with Crippen molar-refractivity contribution in [3.63, 3.8) is 0 Å². The summed E-state index contributed by atoms with van der Waals surface area (Å²) in [5.74, 6) is 21.5. The van der Waals surface area contributed by atoms with Crippen molar-refractivity contribution in [1.82, 2.24) is 0 Å². The number of rotatable bonds is 15. The van der Waals surface area contributed by atoms with Crippen LogP contribution in [0.5, 0.6) is 5.75 Å². The number of hydrogen-bond acceptors (Lipinski definition) is 2. The van der Waals surface area contributed by atoms with Crippen LogP contribution >= 0.6 is 0 Å². The highest BCUT2D eigenvalue weighted by atomic mass is 16.5. The number of aryl methyl sites for hydroxylation is 7. The Labute approximate surface area is 833 Å². The van der Waals surface area contributed by atoms with Crippen LogP contribution in [-0.4, -0.2) is 5.97 Å². The summed E-state index contributed by atoms with van der Waals surface area (Å²) >= 11 is 0. The third kappa shape index (κ3) is 43.2. The minimum Gasteiger partial charge on any atom is -0.426 e. The molecular weight excluding hydrogens is 1630 g/mol. The summed E-state index contributed by atoms with van der Waals surface area (Å²) in [5.41, 5.74) is 18.3. The molecule has 0 heterocycles. The fourth-order valence-corrected chi connectivity index (χ4v) is 24.8. The van der Waals surface area contributed by atoms with Crippen LogP contribution in [0.3, 0.4) is 0 Å². The minimum atomic E-state index is -0.0549. The van der Waals surface area contributed by atoms with Gasteiger partial charge in [0.1, 0.15) is 5.75 Å². The third-order valence-electron chi connectivity index (χ3n) is 36.1. The smallest absolute Gasteiger partial charge is 0.314 e. The highest BCUT2D eigenvalue weighted by molar-refractivity contribution is 5.75. The molecule has 0 N–H and O–H groups in total. The van der Waals surface area contributed by atoms with Gasteiger partial charge in [-0.1, -0.05) is 445 Å². The lowest BCUT2D eigenvalue weighted by molar-refractivity contribution is -0.140. The maximum Gasteiger partial charge on any atom is 0.314 e. The Balaban J connectivity index is 0.000000157. The Hall–Kier alpha value is -5.99. The molecule has 0 aromatic heterocycles. The van der Waals surface area contributed by atoms with Crippen LogP contribution in [0.25, 0.3) is 17.2 Å². The molecular formula is C133H204O2. The van der Waals surface area contributed by atoms with E-state index < -0.39 is 0 Å². The molecule has 18 rings (SSSR count). The maximum absolute atomic E-state index is 11.9. The van der Waals surface area contributed by atoms with Crippen molar-refractivity contribution in [2.45, 2.75) is 452 Å². The zero-order valence-electron chi connectivity index (χ0n) is 90.5. The predicted octanol–water partition coefficient (Wildman–Crippen LogP) is 40.8. The predicted molar refractivity (Wildman–Crippen MR) is 591 cm³/mol. The van der Waals surface area contributed by atoms with Gasteiger partial charge in [-0.15, -0.1) is 0 Å². The van der Waals surface area contributed by atoms with Gasteiger partial charge in [-0.25, -0.2) is 0 Å². The van der Waals surface area contributed by atoms with Gasteiger partial charge in [0.25, 0.3) is 0 Å². The fourth-order valence-electron chi connectivity index (χ4n) is 24.8. The Bertz CT molecular complexity index is 4080. The molecule has 748 valence electrons. The van der Waals surface area contributed by atoms with Crippen molar-refractivity contribution in [3.05, 3.63) is 225 Å². The number of benzene rings is 6. The molecule has 6 aromatic carbocycles. The molecule has 0 amide bonds. The van der Waals surface area contributed by atoms with Crippen molar-refractivity contribution >= 4 is 12.0 Å². The molecule has 0 bridgehead atoms. The Kier molecular flexibility index (Phi) is 50.1. The molecule has 0 radical (unpaired) electrons. The average molecular weight is 1840 g/mol. The fraction of sp³-hybridized carbons (Fsp3) is 0.677. The van der Waals surface area contributed by atoms with E-state index >= 15 is 0 Å². The molecule has 0 saturated heterocycles. The van der Waals surface area contributed by atoms with E-state index in [0.717, 1.165) is 150 Å². The van der Waals surface area contributed by atoms with Gasteiger partial charge in [-0.05, 0) is 367 Å². The van der Waals surface area contributed by atoms with Crippen LogP contribution in [0.4, 0.5) is 0 Å². The summed E-state index contributed by atoms with van der Waals surface area (Å²) in [6, 6.07) is 51.9. The van der Waals surface area contributed by atoms with E-state index in [2.05, 4.69) is 263 Å². The van der Waals surface area contributed by atoms with Gasteiger partial charge < -0.3 is 4.74 Å². The SMILES string of the molecule is CC1=CCC(C2CCC(C)CC2)CC1.CC1CC=C(C2CCC(C)CC2)CC1.CC1CCC(C2CCC(C)CC2)CC1.CC1CCC(CCC2CCC(C)CC2)CC1.Cc1ccc(-c2ccc(C)cc2)cc1.Cc1ccc(C2CCC(C)CC2)cc1.Cc1ccc(C=CC2CCC(C)CC2)cc1.Cc1ccc(CCC2CCC(C)CC2)cc1.Cc1ccc(OC(=O)C2CCC(C)CC2)cc1. The number of esters is 1. The van der Waals surface area contributed by atoms with Gasteiger partial charge in [0.15, 0.2) is 0 Å². The number of carbonyl (C=O) groups is 1. The van der Waals surface area contributed by atoms with E-state index in [0.29, 0.717) is 5.75 Å². The maximum atomic E-state index is 11.9. The van der Waals surface area contributed by atoms with E-state index in [9.17, 15) is 4.79 Å². The molecule has 2 heteroatoms. The average Bonchev–Trinajstić information content (AvgIpc) is 0.879. The monoisotopic (exact) mass is 1830 g/mol. The van der Waals surface area contributed by atoms with Gasteiger partial charge in [-0.3, -0.25) is 4.79 Å². The van der Waals surface area contributed by atoms with E-state index in [4.69, 9.17) is 4.74 Å². The van der Waals surface area contributed by atoms with Gasteiger partial charge in [-0.2, -0.15) is 0 Å². The van der Waals surface area contributed by atoms with Crippen LogP contribution in [0, 0.1) is 166 Å². The first-order chi connectivity index (χ1) is 65.1. The topological polar surface area (TPSA) is 26.3 Å². The first-order valence-corrected chi connectivity index (χ1v) is 57.8. The lowest BCUT2D eigenvalue weighted by atomic mass is 9.70. The molecule has 10 saturated carbocycles. The summed E-state index contributed by atoms with van der Waals surface area (Å²) < 4.78 is 5.41. The molecule has 2 atom stereocenters. The van der Waals surface area contributed by atoms with Gasteiger partial charge >= 0.3 is 5.97 Å². The van der Waals surface area contributed by atoms with E-state index in [1.165, 1.54) is 312 Å². The lowest BCUT2D eigenvalue weighted by Crippen LogP contribution is -2.24.